The van der Waals surface area contributed by atoms with Crippen LogP contribution in [-0.2, 0) is 21.7 Å². The zero-order valence-electron chi connectivity index (χ0n) is 17.8. The minimum absolute atomic E-state index is 0.263. The number of amides is 3. The summed E-state index contributed by atoms with van der Waals surface area (Å²) in [5, 5.41) is 2.74. The summed E-state index contributed by atoms with van der Waals surface area (Å²) in [5.74, 6) is 0.792. The average Bonchev–Trinajstić information content (AvgIpc) is 3.23. The highest BCUT2D eigenvalue weighted by Crippen LogP contribution is 2.43. The van der Waals surface area contributed by atoms with Gasteiger partial charge in [-0.1, -0.05) is 26.8 Å². The van der Waals surface area contributed by atoms with Gasteiger partial charge in [0.1, 0.15) is 11.3 Å². The number of rotatable bonds is 6. The molecule has 0 aliphatic carbocycles. The first-order valence-electron chi connectivity index (χ1n) is 10.4. The van der Waals surface area contributed by atoms with Gasteiger partial charge in [-0.05, 0) is 55.5 Å². The maximum atomic E-state index is 12.6. The van der Waals surface area contributed by atoms with Crippen LogP contribution in [0.4, 0.5) is 10.5 Å². The molecule has 4 rings (SSSR count). The first-order chi connectivity index (χ1) is 14.4. The second-order valence-corrected chi connectivity index (χ2v) is 8.02. The largest absolute Gasteiger partial charge is 0.439 e. The maximum absolute atomic E-state index is 12.6. The number of ether oxygens (including phenoxy) is 2. The Morgan fingerprint density at radius 2 is 1.90 bits per heavy atom. The number of imide groups is 1. The van der Waals surface area contributed by atoms with E-state index in [1.807, 2.05) is 25.1 Å². The number of urea groups is 1. The van der Waals surface area contributed by atoms with Crippen molar-refractivity contribution >= 4 is 17.6 Å². The summed E-state index contributed by atoms with van der Waals surface area (Å²) in [7, 11) is 0. The third-order valence-corrected chi connectivity index (χ3v) is 6.39. The zero-order valence-corrected chi connectivity index (χ0v) is 17.8. The molecule has 1 aromatic carbocycles. The minimum Gasteiger partial charge on any atom is -0.439 e. The number of nitrogens with one attached hydrogen (secondary N) is 1. The molecule has 1 fully saturated rings. The Kier molecular flexibility index (Phi) is 5.02. The van der Waals surface area contributed by atoms with Gasteiger partial charge < -0.3 is 14.8 Å². The molecule has 7 nitrogen and oxygen atoms in total. The lowest BCUT2D eigenvalue weighted by Gasteiger charge is -2.27. The number of fused-ring (bicyclic) bond motifs is 1. The molecule has 0 radical (unpaired) electrons. The monoisotopic (exact) mass is 409 g/mol. The Hall–Kier alpha value is -2.93. The molecule has 30 heavy (non-hydrogen) atoms. The molecule has 1 aromatic heterocycles. The van der Waals surface area contributed by atoms with Crippen LogP contribution in [0.5, 0.6) is 11.6 Å². The molecule has 0 spiro atoms. The van der Waals surface area contributed by atoms with Gasteiger partial charge in [-0.3, -0.25) is 4.79 Å². The average molecular weight is 409 g/mol. The summed E-state index contributed by atoms with van der Waals surface area (Å²) in [5.41, 5.74) is 1.62. The quantitative estimate of drug-likeness (QED) is 0.703. The van der Waals surface area contributed by atoms with Gasteiger partial charge in [0.15, 0.2) is 0 Å². The van der Waals surface area contributed by atoms with E-state index in [2.05, 4.69) is 24.1 Å². The number of hydrogen-bond acceptors (Lipinski definition) is 5. The van der Waals surface area contributed by atoms with E-state index >= 15 is 0 Å². The molecule has 1 saturated heterocycles. The third-order valence-electron chi connectivity index (χ3n) is 6.39. The van der Waals surface area contributed by atoms with E-state index in [0.717, 1.165) is 17.7 Å². The van der Waals surface area contributed by atoms with Crippen molar-refractivity contribution in [3.8, 4) is 11.6 Å². The summed E-state index contributed by atoms with van der Waals surface area (Å²) >= 11 is 0. The van der Waals surface area contributed by atoms with Crippen molar-refractivity contribution in [2.45, 2.75) is 64.7 Å². The Morgan fingerprint density at radius 1 is 1.13 bits per heavy atom. The number of aromatic nitrogens is 1. The molecule has 0 saturated carbocycles. The van der Waals surface area contributed by atoms with Crippen LogP contribution >= 0.6 is 0 Å². The van der Waals surface area contributed by atoms with Crippen molar-refractivity contribution in [1.29, 1.82) is 0 Å². The van der Waals surface area contributed by atoms with Crippen molar-refractivity contribution in [3.05, 3.63) is 47.7 Å². The minimum atomic E-state index is -0.885. The topological polar surface area (TPSA) is 80.8 Å². The number of pyridine rings is 1. The lowest BCUT2D eigenvalue weighted by atomic mass is 9.87. The fourth-order valence-corrected chi connectivity index (χ4v) is 4.14. The molecule has 0 bridgehead atoms. The highest BCUT2D eigenvalue weighted by atomic mass is 16.5. The highest BCUT2D eigenvalue weighted by Gasteiger charge is 2.47. The number of carbonyl (C=O) groups excluding carboxylic acids is 2. The summed E-state index contributed by atoms with van der Waals surface area (Å²) in [6, 6.07) is 8.85. The Morgan fingerprint density at radius 3 is 2.50 bits per heavy atom. The molecule has 0 unspecified atom stereocenters. The van der Waals surface area contributed by atoms with Crippen molar-refractivity contribution < 1.29 is 19.1 Å². The van der Waals surface area contributed by atoms with Gasteiger partial charge in [0.2, 0.25) is 5.88 Å². The molecule has 2 aliphatic rings. The Balaban J connectivity index is 1.54. The smallest absolute Gasteiger partial charge is 0.329 e. The Bertz CT molecular complexity index is 984. The summed E-state index contributed by atoms with van der Waals surface area (Å²) in [4.78, 5) is 30.4. The number of anilines is 1. The number of hydrogen-bond donors (Lipinski definition) is 1. The van der Waals surface area contributed by atoms with Crippen LogP contribution in [0.25, 0.3) is 0 Å². The normalized spacial score (nSPS) is 22.2. The molecule has 2 aromatic rings. The van der Waals surface area contributed by atoms with Crippen molar-refractivity contribution in [2.75, 3.05) is 4.90 Å². The number of carbonyl (C=O) groups is 2. The fraction of sp³-hybridized carbons (Fsp3) is 0.435. The predicted molar refractivity (Wildman–Crippen MR) is 113 cm³/mol. The molecule has 7 heteroatoms. The van der Waals surface area contributed by atoms with Crippen LogP contribution < -0.4 is 15.0 Å². The van der Waals surface area contributed by atoms with Gasteiger partial charge in [-0.15, -0.1) is 0 Å². The summed E-state index contributed by atoms with van der Waals surface area (Å²) < 4.78 is 12.0. The fourth-order valence-electron chi connectivity index (χ4n) is 4.14. The van der Waals surface area contributed by atoms with Gasteiger partial charge >= 0.3 is 6.03 Å². The van der Waals surface area contributed by atoms with E-state index in [0.29, 0.717) is 30.3 Å². The van der Waals surface area contributed by atoms with Crippen LogP contribution in [0.15, 0.2) is 36.5 Å². The first-order valence-corrected chi connectivity index (χ1v) is 10.4. The predicted octanol–water partition coefficient (Wildman–Crippen LogP) is 4.64. The van der Waals surface area contributed by atoms with Crippen LogP contribution in [0.2, 0.25) is 0 Å². The van der Waals surface area contributed by atoms with Crippen LogP contribution in [0, 0.1) is 0 Å². The molecule has 1 N–H and O–H groups in total. The summed E-state index contributed by atoms with van der Waals surface area (Å²) in [6.45, 7) is 8.47. The second-order valence-electron chi connectivity index (χ2n) is 8.02. The first kappa shape index (κ1) is 20.3. The van der Waals surface area contributed by atoms with Gasteiger partial charge in [0.05, 0.1) is 24.1 Å². The third kappa shape index (κ3) is 3.13. The maximum Gasteiger partial charge on any atom is 0.329 e. The number of benzene rings is 1. The van der Waals surface area contributed by atoms with Crippen molar-refractivity contribution in [3.63, 3.8) is 0 Å². The SMILES string of the molecule is CCC1(CC)OCc2ccc(Oc3ccc(N4C(=O)N[C@](C)(CC)C4=O)cn3)cc21. The van der Waals surface area contributed by atoms with Crippen LogP contribution in [0.3, 0.4) is 0 Å². The molecule has 158 valence electrons. The Labute approximate surface area is 176 Å². The van der Waals surface area contributed by atoms with E-state index < -0.39 is 11.6 Å². The van der Waals surface area contributed by atoms with Gasteiger partial charge in [0.25, 0.3) is 5.91 Å². The van der Waals surface area contributed by atoms with Crippen molar-refractivity contribution in [1.82, 2.24) is 10.3 Å². The molecule has 3 amide bonds. The molecule has 1 atom stereocenters. The zero-order chi connectivity index (χ0) is 21.5. The van der Waals surface area contributed by atoms with E-state index in [1.54, 1.807) is 19.1 Å². The lowest BCUT2D eigenvalue weighted by molar-refractivity contribution is -0.121. The second kappa shape index (κ2) is 7.40. The summed E-state index contributed by atoms with van der Waals surface area (Å²) in [6.07, 6.45) is 3.79. The lowest BCUT2D eigenvalue weighted by Crippen LogP contribution is -2.43. The van der Waals surface area contributed by atoms with E-state index in [4.69, 9.17) is 9.47 Å². The van der Waals surface area contributed by atoms with Gasteiger partial charge in [0, 0.05) is 6.07 Å². The molecule has 2 aliphatic heterocycles. The van der Waals surface area contributed by atoms with Gasteiger partial charge in [-0.2, -0.15) is 0 Å². The van der Waals surface area contributed by atoms with E-state index in [1.165, 1.54) is 17.3 Å². The standard InChI is InChI=1S/C23H27N3O4/c1-5-22(4)20(27)26(21(28)25-22)16-9-11-19(24-13-16)30-17-10-8-15-14-29-23(6-2,7-3)18(15)12-17/h8-13H,5-7,14H2,1-4H3,(H,25,28)/t22-/m1/s1. The van der Waals surface area contributed by atoms with Crippen LogP contribution in [0.1, 0.15) is 58.1 Å². The molecular weight excluding hydrogens is 382 g/mol. The van der Waals surface area contributed by atoms with E-state index in [-0.39, 0.29) is 11.5 Å². The molecular formula is C23H27N3O4. The van der Waals surface area contributed by atoms with E-state index in [9.17, 15) is 9.59 Å². The van der Waals surface area contributed by atoms with Gasteiger partial charge in [-0.25, -0.2) is 14.7 Å². The van der Waals surface area contributed by atoms with Crippen LogP contribution in [-0.4, -0.2) is 22.5 Å². The number of nitrogens with zero attached hydrogens (tertiary/aromatic N) is 2. The molecule has 3 heterocycles. The highest BCUT2D eigenvalue weighted by molar-refractivity contribution is 6.23. The van der Waals surface area contributed by atoms with Crippen molar-refractivity contribution in [2.24, 2.45) is 0 Å².